The SMILES string of the molecule is O=C(CSc1nnc(NC(=O)COc2ccc(Cl)cc2Cl)s1)NCCc1ccccc1. The Bertz CT molecular complexity index is 1030. The van der Waals surface area contributed by atoms with Crippen molar-refractivity contribution in [2.24, 2.45) is 0 Å². The van der Waals surface area contributed by atoms with E-state index in [0.29, 0.717) is 31.8 Å². The number of carbonyl (C=O) groups excluding carboxylic acids is 2. The van der Waals surface area contributed by atoms with Crippen molar-refractivity contribution in [2.75, 3.05) is 24.2 Å². The van der Waals surface area contributed by atoms with Gasteiger partial charge >= 0.3 is 0 Å². The molecular weight excluding hydrogens is 479 g/mol. The van der Waals surface area contributed by atoms with Crippen LogP contribution in [0.4, 0.5) is 5.13 Å². The number of rotatable bonds is 10. The molecule has 7 nitrogen and oxygen atoms in total. The Morgan fingerprint density at radius 2 is 1.87 bits per heavy atom. The minimum atomic E-state index is -0.405. The van der Waals surface area contributed by atoms with Crippen molar-refractivity contribution in [3.63, 3.8) is 0 Å². The van der Waals surface area contributed by atoms with Gasteiger partial charge in [-0.25, -0.2) is 0 Å². The molecule has 1 aromatic heterocycles. The number of hydrogen-bond donors (Lipinski definition) is 2. The average molecular weight is 497 g/mol. The van der Waals surface area contributed by atoms with Crippen LogP contribution in [-0.4, -0.2) is 40.9 Å². The molecule has 3 aromatic rings. The topological polar surface area (TPSA) is 93.2 Å². The summed E-state index contributed by atoms with van der Waals surface area (Å²) in [4.78, 5) is 24.0. The normalized spacial score (nSPS) is 10.5. The molecule has 0 bridgehead atoms. The van der Waals surface area contributed by atoms with Crippen LogP contribution in [0.2, 0.25) is 10.0 Å². The van der Waals surface area contributed by atoms with Gasteiger partial charge < -0.3 is 10.1 Å². The Morgan fingerprint density at radius 1 is 1.06 bits per heavy atom. The van der Waals surface area contributed by atoms with Crippen LogP contribution in [0.1, 0.15) is 5.56 Å². The fourth-order valence-corrected chi connectivity index (χ4v) is 4.44. The number of halogens is 2. The second kappa shape index (κ2) is 11.9. The van der Waals surface area contributed by atoms with Crippen molar-refractivity contribution >= 4 is 63.2 Å². The molecule has 0 saturated carbocycles. The molecule has 0 unspecified atom stereocenters. The van der Waals surface area contributed by atoms with Crippen LogP contribution in [0.5, 0.6) is 5.75 Å². The van der Waals surface area contributed by atoms with Gasteiger partial charge in [-0.2, -0.15) is 0 Å². The molecule has 0 fully saturated rings. The molecule has 2 aromatic carbocycles. The zero-order valence-corrected chi connectivity index (χ0v) is 19.3. The number of hydrogen-bond acceptors (Lipinski definition) is 7. The molecule has 2 N–H and O–H groups in total. The van der Waals surface area contributed by atoms with Crippen molar-refractivity contribution in [3.05, 3.63) is 64.1 Å². The van der Waals surface area contributed by atoms with Gasteiger partial charge in [0, 0.05) is 11.6 Å². The standard InChI is InChI=1S/C20H18Cl2N4O3S2/c21-14-6-7-16(15(22)10-14)29-11-17(27)24-19-25-26-20(31-19)30-12-18(28)23-9-8-13-4-2-1-3-5-13/h1-7,10H,8-9,11-12H2,(H,23,28)(H,24,25,27). The second-order valence-electron chi connectivity index (χ2n) is 6.16. The number of thioether (sulfide) groups is 1. The fourth-order valence-electron chi connectivity index (χ4n) is 2.38. The van der Waals surface area contributed by atoms with Crippen LogP contribution in [0.3, 0.4) is 0 Å². The van der Waals surface area contributed by atoms with E-state index in [-0.39, 0.29) is 18.3 Å². The molecule has 11 heteroatoms. The van der Waals surface area contributed by atoms with E-state index in [0.717, 1.165) is 6.42 Å². The number of nitrogens with zero attached hydrogens (tertiary/aromatic N) is 2. The number of amides is 2. The fraction of sp³-hybridized carbons (Fsp3) is 0.200. The zero-order valence-electron chi connectivity index (χ0n) is 16.1. The van der Waals surface area contributed by atoms with Crippen molar-refractivity contribution in [2.45, 2.75) is 10.8 Å². The number of anilines is 1. The molecule has 0 aliphatic rings. The summed E-state index contributed by atoms with van der Waals surface area (Å²) in [6.45, 7) is 0.325. The lowest BCUT2D eigenvalue weighted by atomic mass is 10.1. The molecule has 0 spiro atoms. The lowest BCUT2D eigenvalue weighted by Gasteiger charge is -2.07. The molecule has 3 rings (SSSR count). The summed E-state index contributed by atoms with van der Waals surface area (Å²) >= 11 is 14.3. The van der Waals surface area contributed by atoms with E-state index in [9.17, 15) is 9.59 Å². The van der Waals surface area contributed by atoms with E-state index in [1.807, 2.05) is 30.3 Å². The summed E-state index contributed by atoms with van der Waals surface area (Å²) in [6.07, 6.45) is 0.773. The molecular formula is C20H18Cl2N4O3S2. The second-order valence-corrected chi connectivity index (χ2v) is 9.20. The monoisotopic (exact) mass is 496 g/mol. The Labute approximate surface area is 197 Å². The van der Waals surface area contributed by atoms with E-state index in [2.05, 4.69) is 20.8 Å². The number of ether oxygens (including phenoxy) is 1. The van der Waals surface area contributed by atoms with Crippen LogP contribution in [-0.2, 0) is 16.0 Å². The smallest absolute Gasteiger partial charge is 0.264 e. The third-order valence-electron chi connectivity index (χ3n) is 3.81. The Balaban J connectivity index is 1.36. The lowest BCUT2D eigenvalue weighted by molar-refractivity contribution is -0.119. The third-order valence-corrected chi connectivity index (χ3v) is 6.31. The van der Waals surface area contributed by atoms with Gasteiger partial charge in [-0.1, -0.05) is 76.6 Å². The molecule has 0 saturated heterocycles. The molecule has 0 atom stereocenters. The molecule has 1 heterocycles. The summed E-state index contributed by atoms with van der Waals surface area (Å²) in [5, 5.41) is 14.5. The highest BCUT2D eigenvalue weighted by atomic mass is 35.5. The van der Waals surface area contributed by atoms with Gasteiger partial charge in [-0.15, -0.1) is 10.2 Å². The summed E-state index contributed by atoms with van der Waals surface area (Å²) in [5.41, 5.74) is 1.17. The van der Waals surface area contributed by atoms with E-state index < -0.39 is 5.91 Å². The van der Waals surface area contributed by atoms with E-state index in [1.54, 1.807) is 12.1 Å². The first kappa shape index (κ1) is 23.3. The molecule has 31 heavy (non-hydrogen) atoms. The van der Waals surface area contributed by atoms with Crippen LogP contribution in [0.15, 0.2) is 52.9 Å². The first-order chi connectivity index (χ1) is 15.0. The summed E-state index contributed by atoms with van der Waals surface area (Å²) in [5.74, 6) is 0.0792. The minimum Gasteiger partial charge on any atom is -0.482 e. The van der Waals surface area contributed by atoms with E-state index in [1.165, 1.54) is 34.7 Å². The predicted molar refractivity (Wildman–Crippen MR) is 124 cm³/mol. The highest BCUT2D eigenvalue weighted by Crippen LogP contribution is 2.28. The quantitative estimate of drug-likeness (QED) is 0.320. The summed E-state index contributed by atoms with van der Waals surface area (Å²) < 4.78 is 5.96. The average Bonchev–Trinajstić information content (AvgIpc) is 3.19. The van der Waals surface area contributed by atoms with Gasteiger partial charge in [0.25, 0.3) is 5.91 Å². The van der Waals surface area contributed by atoms with Gasteiger partial charge in [0.05, 0.1) is 10.8 Å². The largest absolute Gasteiger partial charge is 0.482 e. The Morgan fingerprint density at radius 3 is 2.65 bits per heavy atom. The molecule has 2 amide bonds. The van der Waals surface area contributed by atoms with Gasteiger partial charge in [0.15, 0.2) is 10.9 Å². The zero-order chi connectivity index (χ0) is 22.1. The summed E-state index contributed by atoms with van der Waals surface area (Å²) in [6, 6.07) is 14.7. The van der Waals surface area contributed by atoms with Crippen LogP contribution < -0.4 is 15.4 Å². The molecule has 0 radical (unpaired) electrons. The van der Waals surface area contributed by atoms with Crippen LogP contribution >= 0.6 is 46.3 Å². The van der Waals surface area contributed by atoms with Gasteiger partial charge in [0.1, 0.15) is 5.75 Å². The minimum absolute atomic E-state index is 0.0880. The van der Waals surface area contributed by atoms with Crippen molar-refractivity contribution in [1.29, 1.82) is 0 Å². The van der Waals surface area contributed by atoms with E-state index in [4.69, 9.17) is 27.9 Å². The van der Waals surface area contributed by atoms with E-state index >= 15 is 0 Å². The molecule has 0 aliphatic heterocycles. The van der Waals surface area contributed by atoms with Crippen LogP contribution in [0, 0.1) is 0 Å². The third kappa shape index (κ3) is 8.02. The van der Waals surface area contributed by atoms with Gasteiger partial charge in [-0.3, -0.25) is 14.9 Å². The molecule has 162 valence electrons. The van der Waals surface area contributed by atoms with Crippen molar-refractivity contribution in [3.8, 4) is 5.75 Å². The highest BCUT2D eigenvalue weighted by Gasteiger charge is 2.12. The predicted octanol–water partition coefficient (Wildman–Crippen LogP) is 4.31. The number of nitrogens with one attached hydrogen (secondary N) is 2. The summed E-state index contributed by atoms with van der Waals surface area (Å²) in [7, 11) is 0. The van der Waals surface area contributed by atoms with Crippen LogP contribution in [0.25, 0.3) is 0 Å². The maximum Gasteiger partial charge on any atom is 0.264 e. The van der Waals surface area contributed by atoms with Crippen molar-refractivity contribution < 1.29 is 14.3 Å². The molecule has 0 aliphatic carbocycles. The Kier molecular flexibility index (Phi) is 8.96. The van der Waals surface area contributed by atoms with Gasteiger partial charge in [-0.05, 0) is 30.2 Å². The lowest BCUT2D eigenvalue weighted by Crippen LogP contribution is -2.27. The van der Waals surface area contributed by atoms with Crippen molar-refractivity contribution in [1.82, 2.24) is 15.5 Å². The maximum absolute atomic E-state index is 12.0. The number of carbonyl (C=O) groups is 2. The first-order valence-corrected chi connectivity index (χ1v) is 11.7. The number of benzene rings is 2. The number of aromatic nitrogens is 2. The maximum atomic E-state index is 12.0. The first-order valence-electron chi connectivity index (χ1n) is 9.14. The van der Waals surface area contributed by atoms with Gasteiger partial charge in [0.2, 0.25) is 11.0 Å². The highest BCUT2D eigenvalue weighted by molar-refractivity contribution is 8.01. The Hall–Kier alpha value is -2.33.